The number of hydrogen-bond acceptors (Lipinski definition) is 7. The molecule has 8 nitrogen and oxygen atoms in total. The fraction of sp³-hybridized carbons (Fsp3) is 0.514. The van der Waals surface area contributed by atoms with Gasteiger partial charge < -0.3 is 19.1 Å². The van der Waals surface area contributed by atoms with Crippen LogP contribution in [-0.2, 0) is 37.4 Å². The number of amides is 1. The largest absolute Gasteiger partial charge is 0.483 e. The highest BCUT2D eigenvalue weighted by Gasteiger charge is 2.75. The van der Waals surface area contributed by atoms with E-state index in [0.717, 1.165) is 23.2 Å². The van der Waals surface area contributed by atoms with Crippen molar-refractivity contribution >= 4 is 41.0 Å². The molecule has 2 aliphatic heterocycles. The fourth-order valence-electron chi connectivity index (χ4n) is 8.71. The number of carbonyl (C=O) groups excluding carboxylic acids is 3. The van der Waals surface area contributed by atoms with E-state index >= 15 is 0 Å². The molecule has 45 heavy (non-hydrogen) atoms. The Labute approximate surface area is 274 Å². The van der Waals surface area contributed by atoms with Crippen molar-refractivity contribution in [1.82, 2.24) is 9.80 Å². The molecule has 2 bridgehead atoms. The van der Waals surface area contributed by atoms with Gasteiger partial charge in [0.1, 0.15) is 11.7 Å². The summed E-state index contributed by atoms with van der Waals surface area (Å²) in [5.41, 5.74) is 1.17. The number of esters is 2. The lowest BCUT2D eigenvalue weighted by Crippen LogP contribution is -2.79. The molecular formula is C35H40Cl2N2O6. The Kier molecular flexibility index (Phi) is 8.46. The van der Waals surface area contributed by atoms with Crippen LogP contribution in [0.5, 0.6) is 11.5 Å². The van der Waals surface area contributed by atoms with Gasteiger partial charge in [0, 0.05) is 39.0 Å². The van der Waals surface area contributed by atoms with Gasteiger partial charge in [-0.3, -0.25) is 19.3 Å². The van der Waals surface area contributed by atoms with E-state index in [9.17, 15) is 14.4 Å². The number of carbonyl (C=O) groups is 3. The Morgan fingerprint density at radius 2 is 1.91 bits per heavy atom. The maximum atomic E-state index is 14.3. The number of ether oxygens (including phenoxy) is 3. The van der Waals surface area contributed by atoms with Crippen LogP contribution in [0, 0.1) is 5.92 Å². The van der Waals surface area contributed by atoms with Crippen LogP contribution in [0.25, 0.3) is 0 Å². The first-order valence-electron chi connectivity index (χ1n) is 15.7. The van der Waals surface area contributed by atoms with Crippen LogP contribution in [0.2, 0.25) is 10.0 Å². The van der Waals surface area contributed by atoms with Crippen LogP contribution >= 0.6 is 23.2 Å². The van der Waals surface area contributed by atoms with Gasteiger partial charge in [0.15, 0.2) is 11.5 Å². The summed E-state index contributed by atoms with van der Waals surface area (Å²) in [5, 5.41) is 0.839. The Hall–Kier alpha value is -3.07. The van der Waals surface area contributed by atoms with E-state index in [1.54, 1.807) is 18.2 Å². The maximum Gasteiger partial charge on any atom is 0.308 e. The highest BCUT2D eigenvalue weighted by Crippen LogP contribution is 2.67. The van der Waals surface area contributed by atoms with E-state index in [4.69, 9.17) is 37.4 Å². The summed E-state index contributed by atoms with van der Waals surface area (Å²) in [5.74, 6) is 0.223. The molecule has 1 saturated carbocycles. The predicted molar refractivity (Wildman–Crippen MR) is 172 cm³/mol. The zero-order valence-corrected chi connectivity index (χ0v) is 27.7. The monoisotopic (exact) mass is 654 g/mol. The second-order valence-electron chi connectivity index (χ2n) is 13.2. The van der Waals surface area contributed by atoms with Crippen LogP contribution in [0.1, 0.15) is 63.6 Å². The van der Waals surface area contributed by atoms with Crippen molar-refractivity contribution in [3.05, 3.63) is 69.7 Å². The van der Waals surface area contributed by atoms with Crippen molar-refractivity contribution in [3.8, 4) is 11.5 Å². The molecule has 240 valence electrons. The van der Waals surface area contributed by atoms with E-state index in [1.807, 2.05) is 23.1 Å². The van der Waals surface area contributed by atoms with Crippen LogP contribution in [0.15, 0.2) is 43.0 Å². The third kappa shape index (κ3) is 5.13. The van der Waals surface area contributed by atoms with Crippen LogP contribution in [0.4, 0.5) is 0 Å². The molecule has 10 heteroatoms. The van der Waals surface area contributed by atoms with Gasteiger partial charge in [-0.2, -0.15) is 0 Å². The summed E-state index contributed by atoms with van der Waals surface area (Å²) in [6.45, 7) is 12.9. The molecule has 2 heterocycles. The molecule has 1 saturated heterocycles. The molecule has 2 fully saturated rings. The predicted octanol–water partition coefficient (Wildman–Crippen LogP) is 5.93. The van der Waals surface area contributed by atoms with Crippen molar-refractivity contribution in [2.75, 3.05) is 19.6 Å². The standard InChI is InChI=1S/C35H40Cl2N2O6/c1-6-14-38-15-13-34-31-24-8-10-28(43-21(4)40)32(31)44-33(34)27(11-12-35(34,29(38)18-24)45-22(5)41)39(19-20(2)3)30(42)17-23-7-9-25(36)26(37)16-23/h6-10,16,20,27,29,33H,1,11-15,17-19H2,2-5H3/t27?,29-,33?,34+,35-/m1/s1. The molecule has 2 aliphatic carbocycles. The minimum Gasteiger partial charge on any atom is -0.483 e. The summed E-state index contributed by atoms with van der Waals surface area (Å²) in [7, 11) is 0. The van der Waals surface area contributed by atoms with E-state index < -0.39 is 23.1 Å². The zero-order chi connectivity index (χ0) is 32.3. The summed E-state index contributed by atoms with van der Waals surface area (Å²) < 4.78 is 19.2. The summed E-state index contributed by atoms with van der Waals surface area (Å²) >= 11 is 12.5. The topological polar surface area (TPSA) is 85.4 Å². The van der Waals surface area contributed by atoms with Crippen molar-refractivity contribution in [2.24, 2.45) is 5.92 Å². The number of nitrogens with zero attached hydrogens (tertiary/aromatic N) is 2. The highest BCUT2D eigenvalue weighted by atomic mass is 35.5. The van der Waals surface area contributed by atoms with Gasteiger partial charge in [-0.25, -0.2) is 0 Å². The van der Waals surface area contributed by atoms with Gasteiger partial charge >= 0.3 is 11.9 Å². The fourth-order valence-corrected chi connectivity index (χ4v) is 9.03. The highest BCUT2D eigenvalue weighted by molar-refractivity contribution is 6.42. The number of hydrogen-bond donors (Lipinski definition) is 0. The Bertz CT molecular complexity index is 1560. The third-order valence-electron chi connectivity index (χ3n) is 10.1. The van der Waals surface area contributed by atoms with Crippen molar-refractivity contribution in [1.29, 1.82) is 0 Å². The second kappa shape index (κ2) is 11.9. The second-order valence-corrected chi connectivity index (χ2v) is 14.1. The molecule has 1 amide bonds. The lowest BCUT2D eigenvalue weighted by atomic mass is 9.48. The van der Waals surface area contributed by atoms with Crippen molar-refractivity contribution < 1.29 is 28.6 Å². The molecule has 6 rings (SSSR count). The minimum atomic E-state index is -0.898. The van der Waals surface area contributed by atoms with E-state index in [2.05, 4.69) is 25.3 Å². The number of halogens is 2. The Morgan fingerprint density at radius 1 is 1.13 bits per heavy atom. The van der Waals surface area contributed by atoms with E-state index in [0.29, 0.717) is 60.3 Å². The van der Waals surface area contributed by atoms with E-state index in [-0.39, 0.29) is 36.3 Å². The maximum absolute atomic E-state index is 14.3. The molecule has 0 radical (unpaired) electrons. The quantitative estimate of drug-likeness (QED) is 0.188. The molecule has 2 aromatic rings. The summed E-state index contributed by atoms with van der Waals surface area (Å²) in [6.07, 6.45) is 3.95. The zero-order valence-electron chi connectivity index (χ0n) is 26.2. The SMILES string of the molecule is C=CCN1CC[C@]23c4c5ccc(OC(C)=O)c4OC2C(N(CC(C)C)C(=O)Cc2ccc(Cl)c(Cl)c2)CC[C@@]3(OC(C)=O)[C@H]1C5. The smallest absolute Gasteiger partial charge is 0.308 e. The first kappa shape index (κ1) is 31.9. The summed E-state index contributed by atoms with van der Waals surface area (Å²) in [6, 6.07) is 8.65. The summed E-state index contributed by atoms with van der Waals surface area (Å²) in [4.78, 5) is 43.8. The Morgan fingerprint density at radius 3 is 2.58 bits per heavy atom. The van der Waals surface area contributed by atoms with Gasteiger partial charge in [-0.1, -0.05) is 55.3 Å². The molecule has 1 spiro atoms. The van der Waals surface area contributed by atoms with E-state index in [1.165, 1.54) is 13.8 Å². The third-order valence-corrected chi connectivity index (χ3v) is 10.8. The van der Waals surface area contributed by atoms with Gasteiger partial charge in [0.05, 0.1) is 34.0 Å². The number of piperidine rings is 1. The molecule has 5 atom stereocenters. The van der Waals surface area contributed by atoms with Crippen LogP contribution < -0.4 is 9.47 Å². The first-order chi connectivity index (χ1) is 21.4. The molecule has 2 aromatic carbocycles. The molecular weight excluding hydrogens is 615 g/mol. The van der Waals surface area contributed by atoms with Gasteiger partial charge in [0.2, 0.25) is 5.91 Å². The minimum absolute atomic E-state index is 0.0417. The Balaban J connectivity index is 1.50. The van der Waals surface area contributed by atoms with Gasteiger partial charge in [-0.15, -0.1) is 6.58 Å². The van der Waals surface area contributed by atoms with Gasteiger partial charge in [-0.05, 0) is 60.9 Å². The normalized spacial score (nSPS) is 27.8. The van der Waals surface area contributed by atoms with Gasteiger partial charge in [0.25, 0.3) is 0 Å². The number of likely N-dealkylation sites (tertiary alicyclic amines) is 1. The lowest BCUT2D eigenvalue weighted by Gasteiger charge is -2.65. The number of rotatable bonds is 9. The first-order valence-corrected chi connectivity index (χ1v) is 16.5. The van der Waals surface area contributed by atoms with Crippen molar-refractivity contribution in [2.45, 2.75) is 89.0 Å². The average Bonchev–Trinajstić information content (AvgIpc) is 3.31. The van der Waals surface area contributed by atoms with Crippen molar-refractivity contribution in [3.63, 3.8) is 0 Å². The van der Waals surface area contributed by atoms with Crippen LogP contribution in [-0.4, -0.2) is 71.1 Å². The molecule has 4 aliphatic rings. The molecule has 0 N–H and O–H groups in total. The molecule has 0 aromatic heterocycles. The van der Waals surface area contributed by atoms with Crippen LogP contribution in [0.3, 0.4) is 0 Å². The average molecular weight is 656 g/mol. The number of benzene rings is 2. The molecule has 2 unspecified atom stereocenters. The lowest BCUT2D eigenvalue weighted by molar-refractivity contribution is -0.223.